The van der Waals surface area contributed by atoms with E-state index in [9.17, 15) is 0 Å². The molecule has 2 heteroatoms. The second-order valence-corrected chi connectivity index (χ2v) is 5.94. The Kier molecular flexibility index (Phi) is 5.91. The van der Waals surface area contributed by atoms with Crippen LogP contribution >= 0.6 is 0 Å². The van der Waals surface area contributed by atoms with Crippen molar-refractivity contribution >= 4 is 11.9 Å². The van der Waals surface area contributed by atoms with Gasteiger partial charge in [-0.15, -0.1) is 0 Å². The first-order chi connectivity index (χ1) is 10.7. The Morgan fingerprint density at radius 1 is 1.05 bits per heavy atom. The fourth-order valence-electron chi connectivity index (χ4n) is 2.26. The van der Waals surface area contributed by atoms with Gasteiger partial charge in [-0.05, 0) is 54.2 Å². The molecule has 0 aliphatic heterocycles. The van der Waals surface area contributed by atoms with Crippen molar-refractivity contribution in [3.63, 3.8) is 0 Å². The van der Waals surface area contributed by atoms with E-state index >= 15 is 0 Å². The molecule has 0 saturated heterocycles. The molecule has 0 spiro atoms. The van der Waals surface area contributed by atoms with E-state index in [1.165, 1.54) is 18.4 Å². The minimum absolute atomic E-state index is 0.657. The summed E-state index contributed by atoms with van der Waals surface area (Å²) in [5.74, 6) is 0.777. The number of hydrogen-bond donors (Lipinski definition) is 0. The molecule has 0 aliphatic rings. The van der Waals surface area contributed by atoms with Crippen LogP contribution in [0.3, 0.4) is 0 Å². The molecule has 2 aromatic carbocycles. The van der Waals surface area contributed by atoms with Gasteiger partial charge in [-0.3, -0.25) is 4.99 Å². The van der Waals surface area contributed by atoms with Crippen LogP contribution in [0.5, 0.6) is 0 Å². The highest BCUT2D eigenvalue weighted by Gasteiger charge is 1.97. The first-order valence-corrected chi connectivity index (χ1v) is 7.80. The van der Waals surface area contributed by atoms with Gasteiger partial charge in [0, 0.05) is 6.21 Å². The number of nitrogens with zero attached hydrogens (tertiary/aromatic N) is 2. The third kappa shape index (κ3) is 5.18. The van der Waals surface area contributed by atoms with Gasteiger partial charge in [0.2, 0.25) is 0 Å². The lowest BCUT2D eigenvalue weighted by molar-refractivity contribution is 0.556. The number of benzene rings is 2. The summed E-state index contributed by atoms with van der Waals surface area (Å²) in [7, 11) is 0. The first-order valence-electron chi connectivity index (χ1n) is 7.80. The molecular formula is C20H22N2. The van der Waals surface area contributed by atoms with Crippen LogP contribution in [0.25, 0.3) is 0 Å². The lowest BCUT2D eigenvalue weighted by Gasteiger charge is -2.04. The Morgan fingerprint density at radius 2 is 1.73 bits per heavy atom. The van der Waals surface area contributed by atoms with Gasteiger partial charge in [-0.1, -0.05) is 44.5 Å². The topological polar surface area (TPSA) is 36.1 Å². The molecule has 0 unspecified atom stereocenters. The molecule has 0 heterocycles. The molecule has 2 nitrogen and oxygen atoms in total. The van der Waals surface area contributed by atoms with Gasteiger partial charge in [-0.2, -0.15) is 5.26 Å². The fourth-order valence-corrected chi connectivity index (χ4v) is 2.26. The van der Waals surface area contributed by atoms with Crippen LogP contribution < -0.4 is 0 Å². The van der Waals surface area contributed by atoms with Crippen molar-refractivity contribution in [2.45, 2.75) is 33.1 Å². The monoisotopic (exact) mass is 290 g/mol. The summed E-state index contributed by atoms with van der Waals surface area (Å²) in [6.07, 6.45) is 5.53. The van der Waals surface area contributed by atoms with Crippen molar-refractivity contribution in [1.82, 2.24) is 0 Å². The van der Waals surface area contributed by atoms with Crippen LogP contribution in [0.1, 0.15) is 43.4 Å². The average Bonchev–Trinajstić information content (AvgIpc) is 2.54. The maximum atomic E-state index is 8.77. The molecule has 0 fully saturated rings. The van der Waals surface area contributed by atoms with Crippen LogP contribution in [-0.4, -0.2) is 6.21 Å². The van der Waals surface area contributed by atoms with Gasteiger partial charge in [0.05, 0.1) is 17.3 Å². The van der Waals surface area contributed by atoms with Crippen LogP contribution in [0.2, 0.25) is 0 Å². The highest BCUT2D eigenvalue weighted by molar-refractivity contribution is 5.81. The number of hydrogen-bond acceptors (Lipinski definition) is 2. The lowest BCUT2D eigenvalue weighted by Crippen LogP contribution is -1.91. The van der Waals surface area contributed by atoms with E-state index in [0.717, 1.165) is 23.6 Å². The fraction of sp³-hybridized carbons (Fsp3) is 0.300. The van der Waals surface area contributed by atoms with Gasteiger partial charge in [0.15, 0.2) is 0 Å². The largest absolute Gasteiger partial charge is 0.256 e. The van der Waals surface area contributed by atoms with E-state index in [1.807, 2.05) is 18.3 Å². The SMILES string of the molecule is CC(C)CCCc1ccc(C=Nc2ccc(C#N)cc2)cc1. The Morgan fingerprint density at radius 3 is 2.32 bits per heavy atom. The summed E-state index contributed by atoms with van der Waals surface area (Å²) in [4.78, 5) is 4.43. The van der Waals surface area contributed by atoms with Crippen LogP contribution in [0.4, 0.5) is 5.69 Å². The normalized spacial score (nSPS) is 11.0. The molecule has 0 N–H and O–H groups in total. The maximum absolute atomic E-state index is 8.77. The van der Waals surface area contributed by atoms with E-state index in [1.54, 1.807) is 12.1 Å². The zero-order chi connectivity index (χ0) is 15.8. The van der Waals surface area contributed by atoms with Crippen LogP contribution in [-0.2, 0) is 6.42 Å². The molecule has 0 saturated carbocycles. The van der Waals surface area contributed by atoms with Crippen molar-refractivity contribution in [3.05, 3.63) is 65.2 Å². The van der Waals surface area contributed by atoms with Gasteiger partial charge in [-0.25, -0.2) is 0 Å². The van der Waals surface area contributed by atoms with E-state index < -0.39 is 0 Å². The third-order valence-electron chi connectivity index (χ3n) is 3.59. The summed E-state index contributed by atoms with van der Waals surface area (Å²) >= 11 is 0. The zero-order valence-corrected chi connectivity index (χ0v) is 13.3. The van der Waals surface area contributed by atoms with Gasteiger partial charge >= 0.3 is 0 Å². The van der Waals surface area contributed by atoms with Gasteiger partial charge in [0.1, 0.15) is 0 Å². The molecule has 2 rings (SSSR count). The molecule has 0 aromatic heterocycles. The molecule has 0 bridgehead atoms. The quantitative estimate of drug-likeness (QED) is 0.666. The van der Waals surface area contributed by atoms with E-state index in [4.69, 9.17) is 5.26 Å². The first kappa shape index (κ1) is 16.0. The minimum Gasteiger partial charge on any atom is -0.256 e. The summed E-state index contributed by atoms with van der Waals surface area (Å²) in [6, 6.07) is 18.0. The molecule has 0 aliphatic carbocycles. The Hall–Kier alpha value is -2.40. The second-order valence-electron chi connectivity index (χ2n) is 5.94. The number of aliphatic imine (C=N–C) groups is 1. The smallest absolute Gasteiger partial charge is 0.0991 e. The molecule has 112 valence electrons. The third-order valence-corrected chi connectivity index (χ3v) is 3.59. The number of aryl methyl sites for hydroxylation is 1. The maximum Gasteiger partial charge on any atom is 0.0991 e. The van der Waals surface area contributed by atoms with Gasteiger partial charge < -0.3 is 0 Å². The molecule has 0 amide bonds. The van der Waals surface area contributed by atoms with Crippen LogP contribution in [0, 0.1) is 17.2 Å². The summed E-state index contributed by atoms with van der Waals surface area (Å²) in [5.41, 5.74) is 4.00. The Bertz CT molecular complexity index is 644. The van der Waals surface area contributed by atoms with Crippen molar-refractivity contribution < 1.29 is 0 Å². The Labute approximate surface area is 133 Å². The molecule has 2 aromatic rings. The summed E-state index contributed by atoms with van der Waals surface area (Å²) in [6.45, 7) is 4.53. The molecule has 22 heavy (non-hydrogen) atoms. The summed E-state index contributed by atoms with van der Waals surface area (Å²) < 4.78 is 0. The number of rotatable bonds is 6. The number of nitriles is 1. The van der Waals surface area contributed by atoms with Crippen molar-refractivity contribution in [1.29, 1.82) is 5.26 Å². The molecule has 0 radical (unpaired) electrons. The van der Waals surface area contributed by atoms with Crippen molar-refractivity contribution in [2.24, 2.45) is 10.9 Å². The van der Waals surface area contributed by atoms with Crippen molar-refractivity contribution in [2.75, 3.05) is 0 Å². The second kappa shape index (κ2) is 8.14. The molecule has 0 atom stereocenters. The zero-order valence-electron chi connectivity index (χ0n) is 13.3. The van der Waals surface area contributed by atoms with E-state index in [2.05, 4.69) is 49.2 Å². The van der Waals surface area contributed by atoms with Gasteiger partial charge in [0.25, 0.3) is 0 Å². The average molecular weight is 290 g/mol. The predicted molar refractivity (Wildman–Crippen MR) is 92.6 cm³/mol. The standard InChI is InChI=1S/C20H22N2/c1-16(2)4-3-5-17-6-8-19(9-7-17)15-22-20-12-10-18(14-21)11-13-20/h6-13,15-16H,3-5H2,1-2H3. The minimum atomic E-state index is 0.657. The molecular weight excluding hydrogens is 268 g/mol. The van der Waals surface area contributed by atoms with E-state index in [-0.39, 0.29) is 0 Å². The highest BCUT2D eigenvalue weighted by atomic mass is 14.7. The Balaban J connectivity index is 1.92. The highest BCUT2D eigenvalue weighted by Crippen LogP contribution is 2.14. The lowest BCUT2D eigenvalue weighted by atomic mass is 10.0. The van der Waals surface area contributed by atoms with E-state index in [0.29, 0.717) is 5.56 Å². The predicted octanol–water partition coefficient (Wildman–Crippen LogP) is 5.29. The van der Waals surface area contributed by atoms with Crippen molar-refractivity contribution in [3.8, 4) is 6.07 Å². The van der Waals surface area contributed by atoms with Crippen LogP contribution in [0.15, 0.2) is 53.5 Å². The summed E-state index contributed by atoms with van der Waals surface area (Å²) in [5, 5.41) is 8.77.